The van der Waals surface area contributed by atoms with E-state index >= 15 is 0 Å². The highest BCUT2D eigenvalue weighted by Crippen LogP contribution is 2.21. The fourth-order valence-corrected chi connectivity index (χ4v) is 3.83. The first-order valence-corrected chi connectivity index (χ1v) is 9.88. The average molecular weight is 378 g/mol. The van der Waals surface area contributed by atoms with Crippen molar-refractivity contribution >= 4 is 16.9 Å². The molecule has 2 heterocycles. The van der Waals surface area contributed by atoms with Gasteiger partial charge < -0.3 is 14.0 Å². The van der Waals surface area contributed by atoms with Gasteiger partial charge in [0.2, 0.25) is 0 Å². The molecule has 1 atom stereocenters. The Morgan fingerprint density at radius 3 is 2.75 bits per heavy atom. The number of aromatic nitrogens is 1. The number of carbonyl (C=O) groups excluding carboxylic acids is 1. The number of benzene rings is 2. The zero-order chi connectivity index (χ0) is 19.3. The Morgan fingerprint density at radius 2 is 1.93 bits per heavy atom. The zero-order valence-electron chi connectivity index (χ0n) is 16.2. The molecule has 0 aliphatic carbocycles. The summed E-state index contributed by atoms with van der Waals surface area (Å²) in [6.45, 7) is 6.23. The largest absolute Gasteiger partial charge is 0.458 e. The number of esters is 1. The SMILES string of the molecule is CCn1c(C(=O)OCC2CN(Cc3ccccc3)CCO2)cc2ccccc21. The van der Waals surface area contributed by atoms with Gasteiger partial charge in [-0.3, -0.25) is 4.90 Å². The van der Waals surface area contributed by atoms with Gasteiger partial charge in [-0.15, -0.1) is 0 Å². The van der Waals surface area contributed by atoms with Crippen LogP contribution in [0.5, 0.6) is 0 Å². The van der Waals surface area contributed by atoms with Crippen LogP contribution in [0.2, 0.25) is 0 Å². The fourth-order valence-electron chi connectivity index (χ4n) is 3.83. The Kier molecular flexibility index (Phi) is 5.74. The number of rotatable bonds is 6. The van der Waals surface area contributed by atoms with Crippen molar-refractivity contribution in [3.63, 3.8) is 0 Å². The molecule has 0 saturated carbocycles. The lowest BCUT2D eigenvalue weighted by atomic mass is 10.2. The minimum absolute atomic E-state index is 0.0964. The van der Waals surface area contributed by atoms with Gasteiger partial charge in [-0.05, 0) is 24.6 Å². The molecule has 0 radical (unpaired) electrons. The standard InChI is InChI=1S/C23H26N2O3/c1-2-25-21-11-7-6-10-19(21)14-22(25)23(26)28-17-20-16-24(12-13-27-20)15-18-8-4-3-5-9-18/h3-11,14,20H,2,12-13,15-17H2,1H3. The summed E-state index contributed by atoms with van der Waals surface area (Å²) in [5.74, 6) is -0.290. The van der Waals surface area contributed by atoms with Gasteiger partial charge in [0.15, 0.2) is 0 Å². The molecule has 3 aromatic rings. The van der Waals surface area contributed by atoms with E-state index in [2.05, 4.69) is 29.2 Å². The predicted octanol–water partition coefficient (Wildman–Crippen LogP) is 3.72. The van der Waals surface area contributed by atoms with E-state index in [0.717, 1.165) is 37.1 Å². The molecule has 0 N–H and O–H groups in total. The Hall–Kier alpha value is -2.63. The quantitative estimate of drug-likeness (QED) is 0.613. The van der Waals surface area contributed by atoms with E-state index < -0.39 is 0 Å². The summed E-state index contributed by atoms with van der Waals surface area (Å²) in [6, 6.07) is 20.3. The van der Waals surface area contributed by atoms with Crippen LogP contribution in [0.1, 0.15) is 23.0 Å². The lowest BCUT2D eigenvalue weighted by Crippen LogP contribution is -2.44. The Labute approximate surface area is 165 Å². The fraction of sp³-hybridized carbons (Fsp3) is 0.348. The average Bonchev–Trinajstić information content (AvgIpc) is 3.12. The van der Waals surface area contributed by atoms with E-state index in [0.29, 0.717) is 12.3 Å². The molecule has 2 aromatic carbocycles. The zero-order valence-corrected chi connectivity index (χ0v) is 16.2. The summed E-state index contributed by atoms with van der Waals surface area (Å²) >= 11 is 0. The van der Waals surface area contributed by atoms with Crippen molar-refractivity contribution < 1.29 is 14.3 Å². The van der Waals surface area contributed by atoms with Crippen LogP contribution in [-0.2, 0) is 22.6 Å². The first-order valence-electron chi connectivity index (χ1n) is 9.88. The number of para-hydroxylation sites is 1. The molecule has 0 amide bonds. The molecule has 1 fully saturated rings. The Bertz CT molecular complexity index is 935. The van der Waals surface area contributed by atoms with E-state index in [1.165, 1.54) is 5.56 Å². The van der Waals surface area contributed by atoms with Crippen LogP contribution in [0, 0.1) is 0 Å². The van der Waals surface area contributed by atoms with E-state index in [4.69, 9.17) is 9.47 Å². The molecule has 5 heteroatoms. The van der Waals surface area contributed by atoms with Crippen LogP contribution in [-0.4, -0.2) is 47.8 Å². The maximum Gasteiger partial charge on any atom is 0.355 e. The number of ether oxygens (including phenoxy) is 2. The van der Waals surface area contributed by atoms with Gasteiger partial charge in [0, 0.05) is 37.1 Å². The molecule has 146 valence electrons. The van der Waals surface area contributed by atoms with Crippen LogP contribution in [0.3, 0.4) is 0 Å². The normalized spacial score (nSPS) is 17.7. The number of aryl methyl sites for hydroxylation is 1. The molecule has 1 aliphatic rings. The van der Waals surface area contributed by atoms with Gasteiger partial charge in [-0.1, -0.05) is 48.5 Å². The van der Waals surface area contributed by atoms with Crippen LogP contribution < -0.4 is 0 Å². The van der Waals surface area contributed by atoms with Gasteiger partial charge in [-0.25, -0.2) is 4.79 Å². The third-order valence-electron chi connectivity index (χ3n) is 5.21. The van der Waals surface area contributed by atoms with E-state index in [-0.39, 0.29) is 18.7 Å². The first-order chi connectivity index (χ1) is 13.7. The summed E-state index contributed by atoms with van der Waals surface area (Å²) in [4.78, 5) is 15.0. The van der Waals surface area contributed by atoms with Crippen molar-refractivity contribution in [2.45, 2.75) is 26.1 Å². The summed E-state index contributed by atoms with van der Waals surface area (Å²) in [5, 5.41) is 1.05. The highest BCUT2D eigenvalue weighted by Gasteiger charge is 2.23. The number of morpholine rings is 1. The summed E-state index contributed by atoms with van der Waals surface area (Å²) in [5.41, 5.74) is 2.94. The van der Waals surface area contributed by atoms with Crippen molar-refractivity contribution in [1.29, 1.82) is 0 Å². The summed E-state index contributed by atoms with van der Waals surface area (Å²) in [7, 11) is 0. The molecule has 1 saturated heterocycles. The number of hydrogen-bond acceptors (Lipinski definition) is 4. The maximum atomic E-state index is 12.7. The molecular formula is C23H26N2O3. The van der Waals surface area contributed by atoms with Gasteiger partial charge in [0.1, 0.15) is 18.4 Å². The topological polar surface area (TPSA) is 43.7 Å². The number of fused-ring (bicyclic) bond motifs is 1. The second kappa shape index (κ2) is 8.59. The van der Waals surface area contributed by atoms with Crippen molar-refractivity contribution in [2.24, 2.45) is 0 Å². The number of nitrogens with zero attached hydrogens (tertiary/aromatic N) is 2. The lowest BCUT2D eigenvalue weighted by molar-refractivity contribution is -0.0614. The van der Waals surface area contributed by atoms with Gasteiger partial charge >= 0.3 is 5.97 Å². The van der Waals surface area contributed by atoms with Crippen LogP contribution >= 0.6 is 0 Å². The van der Waals surface area contributed by atoms with Gasteiger partial charge in [-0.2, -0.15) is 0 Å². The van der Waals surface area contributed by atoms with Gasteiger partial charge in [0.05, 0.1) is 6.61 Å². The summed E-state index contributed by atoms with van der Waals surface area (Å²) in [6.07, 6.45) is -0.0964. The Balaban J connectivity index is 1.37. The van der Waals surface area contributed by atoms with E-state index in [1.54, 1.807) is 0 Å². The number of hydrogen-bond donors (Lipinski definition) is 0. The maximum absolute atomic E-state index is 12.7. The van der Waals surface area contributed by atoms with Crippen LogP contribution in [0.4, 0.5) is 0 Å². The third-order valence-corrected chi connectivity index (χ3v) is 5.21. The van der Waals surface area contributed by atoms with Crippen molar-refractivity contribution in [2.75, 3.05) is 26.3 Å². The number of carbonyl (C=O) groups is 1. The minimum Gasteiger partial charge on any atom is -0.458 e. The summed E-state index contributed by atoms with van der Waals surface area (Å²) < 4.78 is 13.4. The molecule has 1 aromatic heterocycles. The van der Waals surface area contributed by atoms with Crippen LogP contribution in [0.25, 0.3) is 10.9 Å². The molecule has 4 rings (SSSR count). The predicted molar refractivity (Wildman–Crippen MR) is 109 cm³/mol. The van der Waals surface area contributed by atoms with Crippen molar-refractivity contribution in [3.05, 3.63) is 71.9 Å². The monoisotopic (exact) mass is 378 g/mol. The highest BCUT2D eigenvalue weighted by molar-refractivity contribution is 5.95. The lowest BCUT2D eigenvalue weighted by Gasteiger charge is -2.32. The van der Waals surface area contributed by atoms with Crippen molar-refractivity contribution in [3.8, 4) is 0 Å². The van der Waals surface area contributed by atoms with E-state index in [1.807, 2.05) is 47.9 Å². The van der Waals surface area contributed by atoms with Crippen LogP contribution in [0.15, 0.2) is 60.7 Å². The third kappa shape index (κ3) is 4.11. The van der Waals surface area contributed by atoms with E-state index in [9.17, 15) is 4.79 Å². The first kappa shape index (κ1) is 18.7. The second-order valence-electron chi connectivity index (χ2n) is 7.14. The minimum atomic E-state index is -0.290. The smallest absolute Gasteiger partial charge is 0.355 e. The molecule has 1 aliphatic heterocycles. The second-order valence-corrected chi connectivity index (χ2v) is 7.14. The Morgan fingerprint density at radius 1 is 1.14 bits per heavy atom. The molecule has 0 spiro atoms. The molecule has 1 unspecified atom stereocenters. The highest BCUT2D eigenvalue weighted by atomic mass is 16.6. The van der Waals surface area contributed by atoms with Crippen molar-refractivity contribution in [1.82, 2.24) is 9.47 Å². The molecule has 0 bridgehead atoms. The molecule has 5 nitrogen and oxygen atoms in total. The molecular weight excluding hydrogens is 352 g/mol. The van der Waals surface area contributed by atoms with Gasteiger partial charge in [0.25, 0.3) is 0 Å². The molecule has 28 heavy (non-hydrogen) atoms.